The molecule has 0 spiro atoms. The van der Waals surface area contributed by atoms with E-state index in [1.807, 2.05) is 48.5 Å². The molecule has 0 fully saturated rings. The van der Waals surface area contributed by atoms with Gasteiger partial charge in [-0.25, -0.2) is 0 Å². The second-order valence-electron chi connectivity index (χ2n) is 7.96. The van der Waals surface area contributed by atoms with Gasteiger partial charge in [0.05, 0.1) is 0 Å². The number of Topliss-reactive ketones (excluding diaryl/α,β-unsaturated/α-hetero) is 2. The zero-order chi connectivity index (χ0) is 21.6. The lowest BCUT2D eigenvalue weighted by atomic mass is 9.87. The number of benzene rings is 2. The molecule has 2 aromatic rings. The molecule has 0 heterocycles. The molecule has 160 valence electrons. The first kappa shape index (κ1) is 23.8. The van der Waals surface area contributed by atoms with E-state index in [4.69, 9.17) is 0 Å². The van der Waals surface area contributed by atoms with E-state index in [-0.39, 0.29) is 5.78 Å². The first-order chi connectivity index (χ1) is 14.7. The standard InChI is InChI=1S/C28H36O2/c1-3-5-20-25(29)21-13-8-14-22-27(30)28(24-18-11-7-12-19-24)26(15-4-2)23-16-9-6-10-17-23/h6-7,9-12,16-19H,3-5,8,13-15,20-22H2,1-2H3/b28-26+. The fourth-order valence-corrected chi connectivity index (χ4v) is 3.82. The van der Waals surface area contributed by atoms with Gasteiger partial charge in [-0.3, -0.25) is 9.59 Å². The summed E-state index contributed by atoms with van der Waals surface area (Å²) in [6.07, 6.45) is 8.48. The normalized spacial score (nSPS) is 11.8. The smallest absolute Gasteiger partial charge is 0.163 e. The van der Waals surface area contributed by atoms with E-state index in [1.165, 1.54) is 0 Å². The van der Waals surface area contributed by atoms with Crippen LogP contribution in [0.3, 0.4) is 0 Å². The molecule has 2 rings (SSSR count). The van der Waals surface area contributed by atoms with Crippen LogP contribution in [-0.2, 0) is 9.59 Å². The van der Waals surface area contributed by atoms with Crippen LogP contribution in [0.4, 0.5) is 0 Å². The van der Waals surface area contributed by atoms with Crippen molar-refractivity contribution in [2.75, 3.05) is 0 Å². The predicted octanol–water partition coefficient (Wildman–Crippen LogP) is 7.68. The Morgan fingerprint density at radius 2 is 1.17 bits per heavy atom. The van der Waals surface area contributed by atoms with Gasteiger partial charge in [-0.15, -0.1) is 0 Å². The molecule has 2 nitrogen and oxygen atoms in total. The van der Waals surface area contributed by atoms with E-state index in [9.17, 15) is 9.59 Å². The van der Waals surface area contributed by atoms with Crippen molar-refractivity contribution in [3.8, 4) is 0 Å². The Morgan fingerprint density at radius 3 is 1.77 bits per heavy atom. The van der Waals surface area contributed by atoms with Crippen molar-refractivity contribution >= 4 is 22.7 Å². The fourth-order valence-electron chi connectivity index (χ4n) is 3.82. The summed E-state index contributed by atoms with van der Waals surface area (Å²) >= 11 is 0. The summed E-state index contributed by atoms with van der Waals surface area (Å²) < 4.78 is 0. The van der Waals surface area contributed by atoms with Crippen molar-refractivity contribution in [1.29, 1.82) is 0 Å². The molecule has 0 bridgehead atoms. The Bertz CT molecular complexity index is 803. The molecule has 0 radical (unpaired) electrons. The molecular weight excluding hydrogens is 368 g/mol. The molecule has 0 aliphatic heterocycles. The summed E-state index contributed by atoms with van der Waals surface area (Å²) in [5, 5.41) is 0. The minimum Gasteiger partial charge on any atom is -0.300 e. The summed E-state index contributed by atoms with van der Waals surface area (Å²) in [4.78, 5) is 25.2. The third-order valence-electron chi connectivity index (χ3n) is 5.43. The highest BCUT2D eigenvalue weighted by atomic mass is 16.1. The number of allylic oxidation sites excluding steroid dienone is 2. The van der Waals surface area contributed by atoms with Crippen molar-refractivity contribution in [3.63, 3.8) is 0 Å². The first-order valence-electron chi connectivity index (χ1n) is 11.6. The van der Waals surface area contributed by atoms with E-state index in [1.54, 1.807) is 0 Å². The van der Waals surface area contributed by atoms with Gasteiger partial charge < -0.3 is 0 Å². The monoisotopic (exact) mass is 404 g/mol. The van der Waals surface area contributed by atoms with E-state index in [0.29, 0.717) is 25.0 Å². The van der Waals surface area contributed by atoms with Crippen molar-refractivity contribution in [1.82, 2.24) is 0 Å². The number of unbranched alkanes of at least 4 members (excludes halogenated alkanes) is 3. The Labute approximate surface area is 182 Å². The number of carbonyl (C=O) groups is 2. The summed E-state index contributed by atoms with van der Waals surface area (Å²) in [5.41, 5.74) is 4.14. The van der Waals surface area contributed by atoms with Gasteiger partial charge in [0.25, 0.3) is 0 Å². The van der Waals surface area contributed by atoms with Gasteiger partial charge in [0.15, 0.2) is 5.78 Å². The molecule has 0 aromatic heterocycles. The largest absolute Gasteiger partial charge is 0.300 e. The third kappa shape index (κ3) is 7.74. The predicted molar refractivity (Wildman–Crippen MR) is 127 cm³/mol. The molecule has 2 heteroatoms. The van der Waals surface area contributed by atoms with Crippen molar-refractivity contribution in [2.45, 2.75) is 78.1 Å². The molecule has 0 unspecified atom stereocenters. The Kier molecular flexibility index (Phi) is 10.9. The number of rotatable bonds is 14. The lowest BCUT2D eigenvalue weighted by Crippen LogP contribution is -2.06. The van der Waals surface area contributed by atoms with Gasteiger partial charge in [0, 0.05) is 24.8 Å². The van der Waals surface area contributed by atoms with Crippen LogP contribution in [0.1, 0.15) is 89.2 Å². The molecule has 2 aromatic carbocycles. The van der Waals surface area contributed by atoms with Gasteiger partial charge in [0.2, 0.25) is 0 Å². The molecule has 0 saturated heterocycles. The maximum atomic E-state index is 13.3. The Hall–Kier alpha value is -2.48. The highest BCUT2D eigenvalue weighted by molar-refractivity contribution is 6.27. The summed E-state index contributed by atoms with van der Waals surface area (Å²) in [7, 11) is 0. The van der Waals surface area contributed by atoms with Gasteiger partial charge >= 0.3 is 0 Å². The second-order valence-corrected chi connectivity index (χ2v) is 7.96. The topological polar surface area (TPSA) is 34.1 Å². The third-order valence-corrected chi connectivity index (χ3v) is 5.43. The number of hydrogen-bond donors (Lipinski definition) is 0. The molecule has 0 amide bonds. The minimum atomic E-state index is 0.214. The molecule has 0 aliphatic carbocycles. The van der Waals surface area contributed by atoms with Crippen LogP contribution in [0.15, 0.2) is 60.7 Å². The lowest BCUT2D eigenvalue weighted by molar-refractivity contribution is -0.119. The van der Waals surface area contributed by atoms with Crippen LogP contribution in [-0.4, -0.2) is 11.6 Å². The summed E-state index contributed by atoms with van der Waals surface area (Å²) in [6, 6.07) is 20.4. The van der Waals surface area contributed by atoms with E-state index in [2.05, 4.69) is 26.0 Å². The van der Waals surface area contributed by atoms with Crippen molar-refractivity contribution < 1.29 is 9.59 Å². The van der Waals surface area contributed by atoms with Crippen LogP contribution < -0.4 is 0 Å². The number of ketones is 2. The SMILES string of the molecule is CCCCC(=O)CCCCCC(=O)/C(=C(\CCC)c1ccccc1)c1ccccc1. The number of carbonyl (C=O) groups excluding carboxylic acids is 2. The van der Waals surface area contributed by atoms with Crippen molar-refractivity contribution in [3.05, 3.63) is 71.8 Å². The highest BCUT2D eigenvalue weighted by Crippen LogP contribution is 2.32. The fraction of sp³-hybridized carbons (Fsp3) is 0.429. The molecule has 0 saturated carbocycles. The molecule has 30 heavy (non-hydrogen) atoms. The second kappa shape index (κ2) is 13.7. The average molecular weight is 405 g/mol. The van der Waals surface area contributed by atoms with Crippen LogP contribution in [0.2, 0.25) is 0 Å². The van der Waals surface area contributed by atoms with Crippen LogP contribution >= 0.6 is 0 Å². The minimum absolute atomic E-state index is 0.214. The van der Waals surface area contributed by atoms with Crippen molar-refractivity contribution in [2.24, 2.45) is 0 Å². The molecule has 0 atom stereocenters. The van der Waals surface area contributed by atoms with E-state index < -0.39 is 0 Å². The van der Waals surface area contributed by atoms with Gasteiger partial charge in [-0.05, 0) is 42.4 Å². The Balaban J connectivity index is 2.12. The lowest BCUT2D eigenvalue weighted by Gasteiger charge is -2.16. The molecule has 0 N–H and O–H groups in total. The summed E-state index contributed by atoms with van der Waals surface area (Å²) in [5.74, 6) is 0.577. The number of hydrogen-bond acceptors (Lipinski definition) is 2. The zero-order valence-corrected chi connectivity index (χ0v) is 18.7. The Morgan fingerprint density at radius 1 is 0.600 bits per heavy atom. The van der Waals surface area contributed by atoms with Crippen LogP contribution in [0.25, 0.3) is 11.1 Å². The highest BCUT2D eigenvalue weighted by Gasteiger charge is 2.18. The van der Waals surface area contributed by atoms with Crippen LogP contribution in [0, 0.1) is 0 Å². The molecule has 0 aliphatic rings. The summed E-state index contributed by atoms with van der Waals surface area (Å²) in [6.45, 7) is 4.27. The first-order valence-corrected chi connectivity index (χ1v) is 11.6. The average Bonchev–Trinajstić information content (AvgIpc) is 2.78. The van der Waals surface area contributed by atoms with Gasteiger partial charge in [-0.2, -0.15) is 0 Å². The van der Waals surface area contributed by atoms with Crippen LogP contribution in [0.5, 0.6) is 0 Å². The quantitative estimate of drug-likeness (QED) is 0.184. The van der Waals surface area contributed by atoms with E-state index >= 15 is 0 Å². The van der Waals surface area contributed by atoms with E-state index in [0.717, 1.165) is 67.2 Å². The maximum Gasteiger partial charge on any atom is 0.163 e. The van der Waals surface area contributed by atoms with Gasteiger partial charge in [0.1, 0.15) is 5.78 Å². The maximum absolute atomic E-state index is 13.3. The molecular formula is C28H36O2. The zero-order valence-electron chi connectivity index (χ0n) is 18.7. The van der Waals surface area contributed by atoms with Gasteiger partial charge in [-0.1, -0.05) is 93.8 Å².